The van der Waals surface area contributed by atoms with Crippen molar-refractivity contribution in [2.24, 2.45) is 11.8 Å². The standard InChI is InChI=1S/C35H42N6O13S/c1-21(30-29(22(2)42)31(43)36-30)33(45)55-27-17-28(39(18-27)34(46)53-19-23-3-7-25(8-4-23)40(48)49)32(44)38-13-11-37(12-14-38)15-16-52-35(47)54-20-24-5-9-26(10-6-24)41(50)51/h3-10,21-22,27-30,42H,11-20H2,1-2H3,(H,36,43)/t21-,22-,27+,28+,29-,30-/m1/s1. The van der Waals surface area contributed by atoms with Gasteiger partial charge in [-0.15, -0.1) is 0 Å². The number of aliphatic hydroxyl groups is 1. The first kappa shape index (κ1) is 40.8. The van der Waals surface area contributed by atoms with Crippen LogP contribution >= 0.6 is 11.8 Å². The normalized spacial score (nSPS) is 22.1. The second-order valence-corrected chi connectivity index (χ2v) is 14.8. The Bertz CT molecular complexity index is 1750. The SMILES string of the molecule is C[C@@H](O)[C@H]1C(=O)N[C@@H]1[C@@H](C)C(=O)S[C@H]1C[C@@H](C(=O)N2CCN(CCOC(=O)OCc3ccc([N+](=O)[O-])cc3)CC2)N(C(=O)OCc2ccc([N+](=O)[O-])cc2)C1. The number of nitrogens with zero attached hydrogens (tertiary/aromatic N) is 5. The van der Waals surface area contributed by atoms with Crippen molar-refractivity contribution in [2.45, 2.75) is 56.9 Å². The van der Waals surface area contributed by atoms with E-state index in [1.54, 1.807) is 11.8 Å². The summed E-state index contributed by atoms with van der Waals surface area (Å²) in [6.45, 7) is 4.82. The average molecular weight is 787 g/mol. The van der Waals surface area contributed by atoms with E-state index < -0.39 is 57.4 Å². The van der Waals surface area contributed by atoms with Crippen LogP contribution in [0.4, 0.5) is 21.0 Å². The van der Waals surface area contributed by atoms with Gasteiger partial charge >= 0.3 is 12.2 Å². The molecule has 3 aliphatic heterocycles. The van der Waals surface area contributed by atoms with Crippen LogP contribution in [-0.4, -0.2) is 128 Å². The van der Waals surface area contributed by atoms with Gasteiger partial charge < -0.3 is 29.5 Å². The number of rotatable bonds is 14. The minimum absolute atomic E-state index is 0.0257. The van der Waals surface area contributed by atoms with Crippen LogP contribution in [0.25, 0.3) is 0 Å². The second-order valence-electron chi connectivity index (χ2n) is 13.5. The fourth-order valence-electron chi connectivity index (χ4n) is 6.61. The summed E-state index contributed by atoms with van der Waals surface area (Å²) in [5, 5.41) is 33.8. The molecule has 2 aromatic carbocycles. The zero-order valence-electron chi connectivity index (χ0n) is 30.1. The van der Waals surface area contributed by atoms with Crippen molar-refractivity contribution in [3.8, 4) is 0 Å². The monoisotopic (exact) mass is 786 g/mol. The van der Waals surface area contributed by atoms with Crippen LogP contribution in [0.15, 0.2) is 48.5 Å². The summed E-state index contributed by atoms with van der Waals surface area (Å²) in [6.07, 6.45) is -2.44. The molecule has 20 heteroatoms. The van der Waals surface area contributed by atoms with E-state index >= 15 is 0 Å². The predicted octanol–water partition coefficient (Wildman–Crippen LogP) is 2.47. The summed E-state index contributed by atoms with van der Waals surface area (Å²) in [5.74, 6) is -1.99. The molecule has 55 heavy (non-hydrogen) atoms. The maximum atomic E-state index is 13.9. The van der Waals surface area contributed by atoms with Crippen LogP contribution in [0.2, 0.25) is 0 Å². The Morgan fingerprint density at radius 2 is 1.45 bits per heavy atom. The highest BCUT2D eigenvalue weighted by molar-refractivity contribution is 8.14. The average Bonchev–Trinajstić information content (AvgIpc) is 3.58. The number of benzene rings is 2. The third-order valence-corrected chi connectivity index (χ3v) is 11.1. The largest absolute Gasteiger partial charge is 0.508 e. The van der Waals surface area contributed by atoms with Gasteiger partial charge in [0.25, 0.3) is 11.4 Å². The van der Waals surface area contributed by atoms with Crippen molar-refractivity contribution in [2.75, 3.05) is 45.9 Å². The zero-order valence-corrected chi connectivity index (χ0v) is 31.0. The van der Waals surface area contributed by atoms with E-state index in [0.717, 1.165) is 11.8 Å². The van der Waals surface area contributed by atoms with Gasteiger partial charge in [0.05, 0.1) is 27.9 Å². The highest BCUT2D eigenvalue weighted by Gasteiger charge is 2.49. The molecule has 0 unspecified atom stereocenters. The molecule has 5 rings (SSSR count). The molecule has 296 valence electrons. The third kappa shape index (κ3) is 10.5. The maximum Gasteiger partial charge on any atom is 0.508 e. The molecular formula is C35H42N6O13S. The fraction of sp³-hybridized carbons (Fsp3) is 0.514. The number of ether oxygens (including phenoxy) is 3. The van der Waals surface area contributed by atoms with Gasteiger partial charge in [-0.25, -0.2) is 9.59 Å². The molecule has 19 nitrogen and oxygen atoms in total. The number of non-ortho nitro benzene ring substituents is 2. The van der Waals surface area contributed by atoms with Gasteiger partial charge in [-0.05, 0) is 48.7 Å². The molecule has 3 amide bonds. The number of hydrogen-bond donors (Lipinski definition) is 2. The molecule has 3 heterocycles. The van der Waals surface area contributed by atoms with E-state index in [2.05, 4.69) is 5.32 Å². The minimum Gasteiger partial charge on any atom is -0.445 e. The van der Waals surface area contributed by atoms with E-state index in [-0.39, 0.29) is 61.1 Å². The lowest BCUT2D eigenvalue weighted by atomic mass is 9.79. The summed E-state index contributed by atoms with van der Waals surface area (Å²) in [6, 6.07) is 9.61. The Morgan fingerprint density at radius 1 is 0.891 bits per heavy atom. The van der Waals surface area contributed by atoms with Crippen molar-refractivity contribution in [3.63, 3.8) is 0 Å². The van der Waals surface area contributed by atoms with Gasteiger partial charge in [0.2, 0.25) is 11.8 Å². The molecule has 0 aromatic heterocycles. The number of amides is 3. The summed E-state index contributed by atoms with van der Waals surface area (Å²) >= 11 is 0.991. The number of carbonyl (C=O) groups is 5. The van der Waals surface area contributed by atoms with Crippen LogP contribution in [0, 0.1) is 32.1 Å². The van der Waals surface area contributed by atoms with Crippen LogP contribution in [0.3, 0.4) is 0 Å². The number of thioether (sulfide) groups is 1. The highest BCUT2D eigenvalue weighted by Crippen LogP contribution is 2.35. The first-order valence-electron chi connectivity index (χ1n) is 17.6. The van der Waals surface area contributed by atoms with Crippen molar-refractivity contribution in [1.82, 2.24) is 20.0 Å². The van der Waals surface area contributed by atoms with Gasteiger partial charge in [-0.2, -0.15) is 0 Å². The highest BCUT2D eigenvalue weighted by atomic mass is 32.2. The number of piperazine rings is 1. The predicted molar refractivity (Wildman–Crippen MR) is 193 cm³/mol. The topological polar surface area (TPSA) is 241 Å². The number of hydrogen-bond acceptors (Lipinski definition) is 15. The lowest BCUT2D eigenvalue weighted by Gasteiger charge is -2.41. The molecular weight excluding hydrogens is 744 g/mol. The summed E-state index contributed by atoms with van der Waals surface area (Å²) < 4.78 is 15.8. The molecule has 2 aromatic rings. The number of β-lactam (4-membered cyclic amide) rings is 1. The summed E-state index contributed by atoms with van der Waals surface area (Å²) in [7, 11) is 0. The first-order valence-corrected chi connectivity index (χ1v) is 18.5. The third-order valence-electron chi connectivity index (χ3n) is 9.82. The second kappa shape index (κ2) is 18.3. The van der Waals surface area contributed by atoms with Crippen molar-refractivity contribution in [3.05, 3.63) is 79.9 Å². The molecule has 0 bridgehead atoms. The Labute approximate surface area is 319 Å². The van der Waals surface area contributed by atoms with Gasteiger partial charge in [-0.1, -0.05) is 18.7 Å². The molecule has 3 fully saturated rings. The first-order chi connectivity index (χ1) is 26.2. The number of aliphatic hydroxyl groups excluding tert-OH is 1. The van der Waals surface area contributed by atoms with Crippen molar-refractivity contribution < 1.29 is 53.1 Å². The summed E-state index contributed by atoms with van der Waals surface area (Å²) in [4.78, 5) is 90.4. The molecule has 2 N–H and O–H groups in total. The Balaban J connectivity index is 1.13. The van der Waals surface area contributed by atoms with Crippen molar-refractivity contribution >= 4 is 52.3 Å². The van der Waals surface area contributed by atoms with E-state index in [9.17, 15) is 49.3 Å². The Hall–Kier alpha value is -5.34. The van der Waals surface area contributed by atoms with E-state index in [0.29, 0.717) is 43.9 Å². The van der Waals surface area contributed by atoms with Crippen LogP contribution in [0.1, 0.15) is 31.4 Å². The minimum atomic E-state index is -0.931. The van der Waals surface area contributed by atoms with Crippen molar-refractivity contribution in [1.29, 1.82) is 0 Å². The van der Waals surface area contributed by atoms with Gasteiger partial charge in [0.15, 0.2) is 5.12 Å². The molecule has 0 radical (unpaired) electrons. The zero-order chi connectivity index (χ0) is 39.8. The summed E-state index contributed by atoms with van der Waals surface area (Å²) in [5.41, 5.74) is 0.863. The van der Waals surface area contributed by atoms with Crippen LogP contribution < -0.4 is 5.32 Å². The Morgan fingerprint density at radius 3 is 1.98 bits per heavy atom. The molecule has 6 atom stereocenters. The molecule has 0 aliphatic carbocycles. The number of nitro groups is 2. The van der Waals surface area contributed by atoms with Crippen LogP contribution in [0.5, 0.6) is 0 Å². The van der Waals surface area contributed by atoms with E-state index in [1.807, 2.05) is 4.90 Å². The number of likely N-dealkylation sites (tertiary alicyclic amines) is 1. The lowest BCUT2D eigenvalue weighted by molar-refractivity contribution is -0.385. The Kier molecular flexibility index (Phi) is 13.6. The smallest absolute Gasteiger partial charge is 0.445 e. The number of nitrogens with one attached hydrogen (secondary N) is 1. The van der Waals surface area contributed by atoms with Crippen LogP contribution in [-0.2, 0) is 41.8 Å². The van der Waals surface area contributed by atoms with Gasteiger partial charge in [0.1, 0.15) is 25.9 Å². The quantitative estimate of drug-likeness (QED) is 0.121. The molecule has 3 aliphatic rings. The van der Waals surface area contributed by atoms with E-state index in [1.165, 1.54) is 60.4 Å². The lowest BCUT2D eigenvalue weighted by Crippen LogP contribution is -2.65. The molecule has 0 spiro atoms. The maximum absolute atomic E-state index is 13.9. The van der Waals surface area contributed by atoms with E-state index in [4.69, 9.17) is 14.2 Å². The van der Waals surface area contributed by atoms with Gasteiger partial charge in [0, 0.05) is 74.7 Å². The van der Waals surface area contributed by atoms with Gasteiger partial charge in [-0.3, -0.25) is 44.4 Å². The molecule has 0 saturated carbocycles. The number of carbonyl (C=O) groups excluding carboxylic acids is 5. The molecule has 3 saturated heterocycles. The fourth-order valence-corrected chi connectivity index (χ4v) is 7.81. The number of nitro benzene ring substituents is 2.